The molecule has 1 aromatic heterocycles. The van der Waals surface area contributed by atoms with E-state index in [1.807, 2.05) is 0 Å². The summed E-state index contributed by atoms with van der Waals surface area (Å²) < 4.78 is 39.2. The maximum absolute atomic E-state index is 12.7. The first-order chi connectivity index (χ1) is 7.54. The summed E-state index contributed by atoms with van der Waals surface area (Å²) in [5, 5.41) is 0. The first-order valence-electron chi connectivity index (χ1n) is 4.67. The summed E-state index contributed by atoms with van der Waals surface area (Å²) in [4.78, 5) is 3.59. The minimum atomic E-state index is -4.44. The molecule has 0 aliphatic heterocycles. The fourth-order valence-corrected chi connectivity index (χ4v) is 1.61. The van der Waals surface area contributed by atoms with Crippen LogP contribution in [-0.2, 0) is 12.7 Å². The van der Waals surface area contributed by atoms with E-state index in [1.165, 1.54) is 6.08 Å². The van der Waals surface area contributed by atoms with Crippen LogP contribution in [0, 0.1) is 0 Å². The predicted molar refractivity (Wildman–Crippen MR) is 54.9 cm³/mol. The van der Waals surface area contributed by atoms with E-state index in [4.69, 9.17) is 0 Å². The highest BCUT2D eigenvalue weighted by atomic mass is 19.4. The van der Waals surface area contributed by atoms with Gasteiger partial charge in [-0.25, -0.2) is 4.98 Å². The van der Waals surface area contributed by atoms with E-state index < -0.39 is 12.0 Å². The van der Waals surface area contributed by atoms with E-state index in [2.05, 4.69) is 11.6 Å². The Bertz CT molecular complexity index is 525. The van der Waals surface area contributed by atoms with Crippen molar-refractivity contribution in [1.82, 2.24) is 9.55 Å². The summed E-state index contributed by atoms with van der Waals surface area (Å²) in [5.41, 5.74) is 0.811. The number of rotatable bonds is 2. The van der Waals surface area contributed by atoms with Crippen LogP contribution < -0.4 is 0 Å². The molecule has 2 rings (SSSR count). The summed E-state index contributed by atoms with van der Waals surface area (Å²) in [6.45, 7) is 3.54. The number of allylic oxidation sites excluding steroid dienone is 1. The molecule has 0 N–H and O–H groups in total. The molecule has 1 aromatic carbocycles. The van der Waals surface area contributed by atoms with Gasteiger partial charge in [-0.1, -0.05) is 18.2 Å². The number of hydrogen-bond donors (Lipinski definition) is 0. The molecule has 5 heteroatoms. The van der Waals surface area contributed by atoms with Crippen LogP contribution in [0.1, 0.15) is 5.82 Å². The van der Waals surface area contributed by atoms with Gasteiger partial charge in [-0.3, -0.25) is 0 Å². The van der Waals surface area contributed by atoms with Crippen molar-refractivity contribution in [3.8, 4) is 0 Å². The van der Waals surface area contributed by atoms with Crippen molar-refractivity contribution < 1.29 is 13.2 Å². The van der Waals surface area contributed by atoms with Crippen molar-refractivity contribution in [3.05, 3.63) is 42.7 Å². The molecule has 0 bridgehead atoms. The van der Waals surface area contributed by atoms with Crippen molar-refractivity contribution in [2.45, 2.75) is 12.7 Å². The van der Waals surface area contributed by atoms with Crippen LogP contribution in [0.4, 0.5) is 13.2 Å². The van der Waals surface area contributed by atoms with Crippen LogP contribution in [-0.4, -0.2) is 9.55 Å². The minimum absolute atomic E-state index is 0.0926. The third-order valence-electron chi connectivity index (χ3n) is 2.22. The van der Waals surface area contributed by atoms with Gasteiger partial charge in [-0.05, 0) is 12.1 Å². The molecule has 0 amide bonds. The summed E-state index contributed by atoms with van der Waals surface area (Å²) in [7, 11) is 0. The molecule has 16 heavy (non-hydrogen) atoms. The molecule has 0 spiro atoms. The molecule has 0 saturated heterocycles. The van der Waals surface area contributed by atoms with Crippen molar-refractivity contribution >= 4 is 11.0 Å². The third kappa shape index (κ3) is 1.68. The fourth-order valence-electron chi connectivity index (χ4n) is 1.61. The number of aromatic nitrogens is 2. The van der Waals surface area contributed by atoms with Gasteiger partial charge in [0.2, 0.25) is 5.82 Å². The second kappa shape index (κ2) is 3.66. The topological polar surface area (TPSA) is 17.8 Å². The van der Waals surface area contributed by atoms with Crippen LogP contribution in [0.5, 0.6) is 0 Å². The van der Waals surface area contributed by atoms with Gasteiger partial charge in [0.05, 0.1) is 11.0 Å². The number of para-hydroxylation sites is 2. The normalized spacial score (nSPS) is 11.9. The van der Waals surface area contributed by atoms with Gasteiger partial charge < -0.3 is 4.57 Å². The van der Waals surface area contributed by atoms with Gasteiger partial charge >= 0.3 is 6.18 Å². The molecule has 0 aliphatic carbocycles. The number of hydrogen-bond acceptors (Lipinski definition) is 1. The monoisotopic (exact) mass is 226 g/mol. The molecule has 2 nitrogen and oxygen atoms in total. The van der Waals surface area contributed by atoms with Crippen LogP contribution >= 0.6 is 0 Å². The number of benzene rings is 1. The average molecular weight is 226 g/mol. The summed E-state index contributed by atoms with van der Waals surface area (Å²) in [6, 6.07) is 6.52. The highest BCUT2D eigenvalue weighted by Crippen LogP contribution is 2.31. The van der Waals surface area contributed by atoms with E-state index >= 15 is 0 Å². The Hall–Kier alpha value is -1.78. The lowest BCUT2D eigenvalue weighted by atomic mass is 10.3. The van der Waals surface area contributed by atoms with Crippen molar-refractivity contribution in [3.63, 3.8) is 0 Å². The number of alkyl halides is 3. The van der Waals surface area contributed by atoms with Gasteiger partial charge in [-0.15, -0.1) is 6.58 Å². The van der Waals surface area contributed by atoms with E-state index in [9.17, 15) is 13.2 Å². The van der Waals surface area contributed by atoms with Crippen molar-refractivity contribution in [2.75, 3.05) is 0 Å². The average Bonchev–Trinajstić information content (AvgIpc) is 2.58. The van der Waals surface area contributed by atoms with E-state index in [1.54, 1.807) is 24.3 Å². The Morgan fingerprint density at radius 2 is 2.00 bits per heavy atom. The molecular formula is C11H9F3N2. The second-order valence-corrected chi connectivity index (χ2v) is 3.32. The van der Waals surface area contributed by atoms with Crippen molar-refractivity contribution in [1.29, 1.82) is 0 Å². The standard InChI is InChI=1S/C11H9F3N2/c1-2-7-16-9-6-4-3-5-8(9)15-10(16)11(12,13)14/h2-6H,1,7H2. The van der Waals surface area contributed by atoms with E-state index in [-0.39, 0.29) is 6.54 Å². The zero-order chi connectivity index (χ0) is 11.8. The molecule has 0 fully saturated rings. The van der Waals surface area contributed by atoms with E-state index in [0.29, 0.717) is 11.0 Å². The molecule has 0 aliphatic rings. The quantitative estimate of drug-likeness (QED) is 0.719. The van der Waals surface area contributed by atoms with Gasteiger partial charge in [0.15, 0.2) is 0 Å². The highest BCUT2D eigenvalue weighted by Gasteiger charge is 2.37. The predicted octanol–water partition coefficient (Wildman–Crippen LogP) is 3.24. The maximum atomic E-state index is 12.7. The van der Waals surface area contributed by atoms with Crippen LogP contribution in [0.2, 0.25) is 0 Å². The number of fused-ring (bicyclic) bond motifs is 1. The SMILES string of the molecule is C=CCn1c(C(F)(F)F)nc2ccccc21. The highest BCUT2D eigenvalue weighted by molar-refractivity contribution is 5.76. The molecule has 0 unspecified atom stereocenters. The number of halogens is 3. The largest absolute Gasteiger partial charge is 0.449 e. The first-order valence-corrected chi connectivity index (χ1v) is 4.67. The summed E-state index contributed by atoms with van der Waals surface area (Å²) in [6.07, 6.45) is -3.02. The molecule has 0 saturated carbocycles. The molecule has 2 aromatic rings. The smallest absolute Gasteiger partial charge is 0.316 e. The van der Waals surface area contributed by atoms with Crippen LogP contribution in [0.15, 0.2) is 36.9 Å². The molecule has 0 atom stereocenters. The summed E-state index contributed by atoms with van der Waals surface area (Å²) >= 11 is 0. The minimum Gasteiger partial charge on any atom is -0.316 e. The lowest BCUT2D eigenvalue weighted by Gasteiger charge is -2.08. The van der Waals surface area contributed by atoms with Crippen LogP contribution in [0.3, 0.4) is 0 Å². The fraction of sp³-hybridized carbons (Fsp3) is 0.182. The molecule has 0 radical (unpaired) electrons. The Morgan fingerprint density at radius 1 is 1.31 bits per heavy atom. The summed E-state index contributed by atoms with van der Waals surface area (Å²) in [5.74, 6) is -0.881. The zero-order valence-corrected chi connectivity index (χ0v) is 8.33. The molecule has 84 valence electrons. The Labute approximate surface area is 90.0 Å². The van der Waals surface area contributed by atoms with Crippen molar-refractivity contribution in [2.24, 2.45) is 0 Å². The Morgan fingerprint density at radius 3 is 2.62 bits per heavy atom. The van der Waals surface area contributed by atoms with E-state index in [0.717, 1.165) is 4.57 Å². The Kier molecular flexibility index (Phi) is 2.46. The Balaban J connectivity index is 2.72. The maximum Gasteiger partial charge on any atom is 0.449 e. The van der Waals surface area contributed by atoms with Gasteiger partial charge in [-0.2, -0.15) is 13.2 Å². The second-order valence-electron chi connectivity index (χ2n) is 3.32. The third-order valence-corrected chi connectivity index (χ3v) is 2.22. The lowest BCUT2D eigenvalue weighted by molar-refractivity contribution is -0.146. The first kappa shape index (κ1) is 10.7. The van der Waals surface area contributed by atoms with Gasteiger partial charge in [0.1, 0.15) is 0 Å². The number of nitrogens with zero attached hydrogens (tertiary/aromatic N) is 2. The van der Waals surface area contributed by atoms with Crippen LogP contribution in [0.25, 0.3) is 11.0 Å². The number of imidazole rings is 1. The molecule has 1 heterocycles. The van der Waals surface area contributed by atoms with Gasteiger partial charge in [0.25, 0.3) is 0 Å². The lowest BCUT2D eigenvalue weighted by Crippen LogP contribution is -2.14. The van der Waals surface area contributed by atoms with Gasteiger partial charge in [0, 0.05) is 6.54 Å². The molecular weight excluding hydrogens is 217 g/mol. The zero-order valence-electron chi connectivity index (χ0n) is 8.33.